The molecule has 0 aliphatic rings. The van der Waals surface area contributed by atoms with E-state index in [1.54, 1.807) is 0 Å². The molecule has 5 heteroatoms. The first-order valence-corrected chi connectivity index (χ1v) is 6.25. The molecule has 2 N–H and O–H groups in total. The second-order valence-electron chi connectivity index (χ2n) is 5.01. The number of aliphatic carboxylic acids is 1. The Balaban J connectivity index is 4.30. The van der Waals surface area contributed by atoms with Gasteiger partial charge >= 0.3 is 5.97 Å². The van der Waals surface area contributed by atoms with Gasteiger partial charge in [-0.3, -0.25) is 9.59 Å². The van der Waals surface area contributed by atoms with Gasteiger partial charge in [0.15, 0.2) is 0 Å². The average molecular weight is 247 g/mol. The van der Waals surface area contributed by atoms with Gasteiger partial charge in [0.2, 0.25) is 5.91 Å². The van der Waals surface area contributed by atoms with E-state index in [0.717, 1.165) is 0 Å². The molecule has 4 nitrogen and oxygen atoms in total. The largest absolute Gasteiger partial charge is 0.480 e. The summed E-state index contributed by atoms with van der Waals surface area (Å²) in [5.41, 5.74) is -0.317. The second-order valence-corrected chi connectivity index (χ2v) is 6.80. The molecule has 0 aliphatic heterocycles. The van der Waals surface area contributed by atoms with Crippen LogP contribution in [0, 0.1) is 0 Å². The molecule has 0 heterocycles. The summed E-state index contributed by atoms with van der Waals surface area (Å²) in [7, 11) is 0. The first kappa shape index (κ1) is 15.3. The predicted octanol–water partition coefficient (Wildman–Crippen LogP) is 1.89. The number of carboxylic acid groups (broad SMARTS) is 1. The Hall–Kier alpha value is -0.710. The highest BCUT2D eigenvalue weighted by Gasteiger charge is 2.24. The summed E-state index contributed by atoms with van der Waals surface area (Å²) in [6, 6.07) is 0. The summed E-state index contributed by atoms with van der Waals surface area (Å²) < 4.78 is 0. The molecule has 1 amide bonds. The molecule has 0 radical (unpaired) electrons. The Morgan fingerprint density at radius 3 is 2.12 bits per heavy atom. The fourth-order valence-corrected chi connectivity index (χ4v) is 2.18. The summed E-state index contributed by atoms with van der Waals surface area (Å²) in [5, 5.41) is 11.3. The summed E-state index contributed by atoms with van der Waals surface area (Å²) >= 11 is 1.30. The molecule has 1 atom stereocenters. The van der Waals surface area contributed by atoms with Crippen molar-refractivity contribution >= 4 is 23.6 Å². The van der Waals surface area contributed by atoms with Crippen LogP contribution in [0.15, 0.2) is 0 Å². The van der Waals surface area contributed by atoms with Crippen molar-refractivity contribution in [2.45, 2.75) is 57.1 Å². The Kier molecular flexibility index (Phi) is 5.86. The first-order valence-electron chi connectivity index (χ1n) is 5.31. The normalized spacial score (nSPS) is 13.6. The zero-order valence-electron chi connectivity index (χ0n) is 10.5. The molecule has 0 aromatic carbocycles. The number of hydrogen-bond donors (Lipinski definition) is 2. The van der Waals surface area contributed by atoms with Crippen LogP contribution in [0.2, 0.25) is 0 Å². The SMILES string of the molecule is CC(C)SC(CC(=O)NC(C)(C)C)C(=O)O. The standard InChI is InChI=1S/C11H21NO3S/c1-7(2)16-8(10(14)15)6-9(13)12-11(3,4)5/h7-8H,6H2,1-5H3,(H,12,13)(H,14,15). The minimum Gasteiger partial charge on any atom is -0.480 e. The van der Waals surface area contributed by atoms with Crippen LogP contribution >= 0.6 is 11.8 Å². The van der Waals surface area contributed by atoms with E-state index in [0.29, 0.717) is 0 Å². The lowest BCUT2D eigenvalue weighted by Crippen LogP contribution is -2.42. The molecule has 0 fully saturated rings. The van der Waals surface area contributed by atoms with Crippen molar-refractivity contribution in [3.63, 3.8) is 0 Å². The van der Waals surface area contributed by atoms with E-state index in [4.69, 9.17) is 5.11 Å². The van der Waals surface area contributed by atoms with E-state index in [1.807, 2.05) is 34.6 Å². The number of thioether (sulfide) groups is 1. The highest BCUT2D eigenvalue weighted by Crippen LogP contribution is 2.20. The van der Waals surface area contributed by atoms with Crippen LogP contribution in [0.4, 0.5) is 0 Å². The molecule has 0 bridgehead atoms. The van der Waals surface area contributed by atoms with E-state index in [9.17, 15) is 9.59 Å². The maximum absolute atomic E-state index is 11.6. The van der Waals surface area contributed by atoms with Gasteiger partial charge in [0.25, 0.3) is 0 Å². The molecule has 0 saturated heterocycles. The van der Waals surface area contributed by atoms with E-state index in [1.165, 1.54) is 11.8 Å². The van der Waals surface area contributed by atoms with Crippen molar-refractivity contribution in [2.24, 2.45) is 0 Å². The summed E-state index contributed by atoms with van der Waals surface area (Å²) in [6.45, 7) is 9.45. The number of hydrogen-bond acceptors (Lipinski definition) is 3. The molecule has 0 spiro atoms. The first-order chi connectivity index (χ1) is 7.11. The third kappa shape index (κ3) is 7.56. The molecule has 0 aliphatic carbocycles. The Morgan fingerprint density at radius 2 is 1.81 bits per heavy atom. The van der Waals surface area contributed by atoms with Gasteiger partial charge in [-0.25, -0.2) is 0 Å². The van der Waals surface area contributed by atoms with Gasteiger partial charge in [-0.1, -0.05) is 13.8 Å². The average Bonchev–Trinajstić information content (AvgIpc) is 1.97. The summed E-state index contributed by atoms with van der Waals surface area (Å²) in [6.07, 6.45) is 0.0233. The van der Waals surface area contributed by atoms with Crippen LogP contribution in [-0.2, 0) is 9.59 Å². The van der Waals surface area contributed by atoms with Crippen LogP contribution in [0.5, 0.6) is 0 Å². The molecule has 94 valence electrons. The quantitative estimate of drug-likeness (QED) is 0.778. The Morgan fingerprint density at radius 1 is 1.31 bits per heavy atom. The van der Waals surface area contributed by atoms with Gasteiger partial charge in [0.1, 0.15) is 5.25 Å². The van der Waals surface area contributed by atoms with Crippen LogP contribution < -0.4 is 5.32 Å². The summed E-state index contributed by atoms with van der Waals surface area (Å²) in [4.78, 5) is 22.5. The van der Waals surface area contributed by atoms with Crippen molar-refractivity contribution in [1.82, 2.24) is 5.32 Å². The van der Waals surface area contributed by atoms with Crippen LogP contribution in [0.3, 0.4) is 0 Å². The van der Waals surface area contributed by atoms with E-state index in [-0.39, 0.29) is 23.1 Å². The van der Waals surface area contributed by atoms with Gasteiger partial charge < -0.3 is 10.4 Å². The molecule has 0 aromatic rings. The minimum atomic E-state index is -0.928. The number of nitrogens with one attached hydrogen (secondary N) is 1. The van der Waals surface area contributed by atoms with Crippen LogP contribution in [-0.4, -0.2) is 33.0 Å². The number of carboxylic acids is 1. The van der Waals surface area contributed by atoms with Gasteiger partial charge in [-0.15, -0.1) is 11.8 Å². The molecule has 0 rings (SSSR count). The van der Waals surface area contributed by atoms with Crippen molar-refractivity contribution in [3.05, 3.63) is 0 Å². The Labute approximate surface area is 101 Å². The van der Waals surface area contributed by atoms with Gasteiger partial charge in [-0.05, 0) is 26.0 Å². The van der Waals surface area contributed by atoms with Crippen molar-refractivity contribution in [1.29, 1.82) is 0 Å². The van der Waals surface area contributed by atoms with Gasteiger partial charge in [0.05, 0.1) is 0 Å². The molecule has 16 heavy (non-hydrogen) atoms. The monoisotopic (exact) mass is 247 g/mol. The molecule has 0 saturated carbocycles. The number of rotatable bonds is 5. The van der Waals surface area contributed by atoms with Crippen molar-refractivity contribution < 1.29 is 14.7 Å². The Bertz CT molecular complexity index is 258. The van der Waals surface area contributed by atoms with E-state index >= 15 is 0 Å². The lowest BCUT2D eigenvalue weighted by atomic mass is 10.1. The smallest absolute Gasteiger partial charge is 0.317 e. The lowest BCUT2D eigenvalue weighted by molar-refractivity contribution is -0.138. The fraction of sp³-hybridized carbons (Fsp3) is 0.818. The molecular formula is C11H21NO3S. The zero-order chi connectivity index (χ0) is 12.9. The van der Waals surface area contributed by atoms with Crippen molar-refractivity contribution in [3.8, 4) is 0 Å². The topological polar surface area (TPSA) is 66.4 Å². The molecular weight excluding hydrogens is 226 g/mol. The highest BCUT2D eigenvalue weighted by molar-refractivity contribution is 8.01. The third-order valence-corrected chi connectivity index (χ3v) is 2.84. The van der Waals surface area contributed by atoms with E-state index < -0.39 is 11.2 Å². The van der Waals surface area contributed by atoms with E-state index in [2.05, 4.69) is 5.32 Å². The molecule has 0 aromatic heterocycles. The number of carbonyl (C=O) groups excluding carboxylic acids is 1. The number of carbonyl (C=O) groups is 2. The van der Waals surface area contributed by atoms with Crippen molar-refractivity contribution in [2.75, 3.05) is 0 Å². The number of amides is 1. The highest BCUT2D eigenvalue weighted by atomic mass is 32.2. The van der Waals surface area contributed by atoms with Crippen LogP contribution in [0.1, 0.15) is 41.0 Å². The maximum Gasteiger partial charge on any atom is 0.317 e. The van der Waals surface area contributed by atoms with Crippen LogP contribution in [0.25, 0.3) is 0 Å². The second kappa shape index (κ2) is 6.13. The zero-order valence-corrected chi connectivity index (χ0v) is 11.4. The third-order valence-electron chi connectivity index (χ3n) is 1.60. The van der Waals surface area contributed by atoms with Gasteiger partial charge in [-0.2, -0.15) is 0 Å². The lowest BCUT2D eigenvalue weighted by Gasteiger charge is -2.22. The fourth-order valence-electron chi connectivity index (χ4n) is 1.16. The summed E-state index contributed by atoms with van der Waals surface area (Å²) in [5.74, 6) is -1.14. The van der Waals surface area contributed by atoms with Gasteiger partial charge in [0, 0.05) is 12.0 Å². The molecule has 1 unspecified atom stereocenters. The maximum atomic E-state index is 11.6. The minimum absolute atomic E-state index is 0.0233. The predicted molar refractivity (Wildman–Crippen MR) is 66.7 cm³/mol.